The summed E-state index contributed by atoms with van der Waals surface area (Å²) >= 11 is 0. The summed E-state index contributed by atoms with van der Waals surface area (Å²) in [5.41, 5.74) is 2.10. The Morgan fingerprint density at radius 2 is 1.73 bits per heavy atom. The van der Waals surface area contributed by atoms with E-state index in [1.165, 1.54) is 0 Å². The molecule has 1 fully saturated rings. The molecule has 6 heteroatoms. The molecule has 0 saturated carbocycles. The summed E-state index contributed by atoms with van der Waals surface area (Å²) in [5, 5.41) is 8.99. The second-order valence-corrected chi connectivity index (χ2v) is 6.01. The first kappa shape index (κ1) is 17.6. The number of hydrogen-bond acceptors (Lipinski definition) is 5. The van der Waals surface area contributed by atoms with Crippen LogP contribution in [0.4, 0.5) is 5.69 Å². The molecule has 0 bridgehead atoms. The summed E-state index contributed by atoms with van der Waals surface area (Å²) in [6.07, 6.45) is 0. The van der Waals surface area contributed by atoms with Crippen LogP contribution in [0.3, 0.4) is 0 Å². The minimum Gasteiger partial charge on any atom is -0.493 e. The summed E-state index contributed by atoms with van der Waals surface area (Å²) in [7, 11) is 3.23. The number of carbonyl (C=O) groups excluding carboxylic acids is 1. The zero-order valence-corrected chi connectivity index (χ0v) is 14.9. The molecule has 1 saturated heterocycles. The standard InChI is InChI=1S/C20H21N3O3/c1-25-18-7-6-17(13-19(18)26-2)22-8-10-23(11-9-22)20(24)16-5-3-4-15(12-16)14-21/h3-7,12-13H,8-11H2,1-2H3. The zero-order valence-electron chi connectivity index (χ0n) is 14.9. The van der Waals surface area contributed by atoms with Crippen LogP contribution in [0.5, 0.6) is 11.5 Å². The minimum absolute atomic E-state index is 0.0333. The maximum absolute atomic E-state index is 12.7. The van der Waals surface area contributed by atoms with E-state index in [0.717, 1.165) is 18.8 Å². The molecule has 0 N–H and O–H groups in total. The highest BCUT2D eigenvalue weighted by Crippen LogP contribution is 2.31. The van der Waals surface area contributed by atoms with Crippen molar-refractivity contribution >= 4 is 11.6 Å². The van der Waals surface area contributed by atoms with Crippen molar-refractivity contribution < 1.29 is 14.3 Å². The van der Waals surface area contributed by atoms with Gasteiger partial charge in [-0.1, -0.05) is 6.07 Å². The molecule has 0 unspecified atom stereocenters. The van der Waals surface area contributed by atoms with Crippen LogP contribution >= 0.6 is 0 Å². The number of carbonyl (C=O) groups is 1. The van der Waals surface area contributed by atoms with E-state index in [-0.39, 0.29) is 5.91 Å². The SMILES string of the molecule is COc1ccc(N2CCN(C(=O)c3cccc(C#N)c3)CC2)cc1OC. The van der Waals surface area contributed by atoms with Crippen LogP contribution in [0.25, 0.3) is 0 Å². The molecule has 2 aromatic rings. The Morgan fingerprint density at radius 3 is 2.38 bits per heavy atom. The second kappa shape index (κ2) is 7.79. The predicted molar refractivity (Wildman–Crippen MR) is 98.8 cm³/mol. The molecule has 134 valence electrons. The van der Waals surface area contributed by atoms with Crippen molar-refractivity contribution in [3.63, 3.8) is 0 Å². The van der Waals surface area contributed by atoms with Crippen LogP contribution in [0, 0.1) is 11.3 Å². The molecular formula is C20H21N3O3. The lowest BCUT2D eigenvalue weighted by Crippen LogP contribution is -2.48. The van der Waals surface area contributed by atoms with E-state index >= 15 is 0 Å². The third kappa shape index (κ3) is 3.57. The van der Waals surface area contributed by atoms with Gasteiger partial charge < -0.3 is 19.3 Å². The summed E-state index contributed by atoms with van der Waals surface area (Å²) in [5.74, 6) is 1.35. The van der Waals surface area contributed by atoms with Crippen molar-refractivity contribution in [1.82, 2.24) is 4.90 Å². The van der Waals surface area contributed by atoms with Crippen molar-refractivity contribution in [3.05, 3.63) is 53.6 Å². The Kier molecular flexibility index (Phi) is 5.28. The van der Waals surface area contributed by atoms with E-state index in [9.17, 15) is 4.79 Å². The van der Waals surface area contributed by atoms with Crippen LogP contribution in [0.15, 0.2) is 42.5 Å². The molecular weight excluding hydrogens is 330 g/mol. The van der Waals surface area contributed by atoms with Crippen LogP contribution in [-0.4, -0.2) is 51.2 Å². The fraction of sp³-hybridized carbons (Fsp3) is 0.300. The van der Waals surface area contributed by atoms with Gasteiger partial charge in [-0.25, -0.2) is 0 Å². The van der Waals surface area contributed by atoms with Crippen molar-refractivity contribution in [1.29, 1.82) is 5.26 Å². The average molecular weight is 351 g/mol. The molecule has 1 aliphatic heterocycles. The summed E-state index contributed by atoms with van der Waals surface area (Å²) in [6, 6.07) is 14.7. The average Bonchev–Trinajstić information content (AvgIpc) is 2.72. The Hall–Kier alpha value is -3.20. The number of nitriles is 1. The van der Waals surface area contributed by atoms with Crippen molar-refractivity contribution in [2.75, 3.05) is 45.3 Å². The van der Waals surface area contributed by atoms with E-state index in [4.69, 9.17) is 14.7 Å². The highest BCUT2D eigenvalue weighted by Gasteiger charge is 2.23. The smallest absolute Gasteiger partial charge is 0.254 e. The number of ether oxygens (including phenoxy) is 2. The van der Waals surface area contributed by atoms with Crippen LogP contribution in [0.1, 0.15) is 15.9 Å². The third-order valence-corrected chi connectivity index (χ3v) is 4.54. The van der Waals surface area contributed by atoms with Gasteiger partial charge >= 0.3 is 0 Å². The summed E-state index contributed by atoms with van der Waals surface area (Å²) in [6.45, 7) is 2.73. The fourth-order valence-corrected chi connectivity index (χ4v) is 3.09. The van der Waals surface area contributed by atoms with Gasteiger partial charge in [-0.05, 0) is 30.3 Å². The lowest BCUT2D eigenvalue weighted by molar-refractivity contribution is 0.0746. The molecule has 0 aromatic heterocycles. The summed E-state index contributed by atoms with van der Waals surface area (Å²) in [4.78, 5) is 16.7. The molecule has 1 amide bonds. The summed E-state index contributed by atoms with van der Waals surface area (Å²) < 4.78 is 10.6. The number of piperazine rings is 1. The van der Waals surface area contributed by atoms with E-state index in [0.29, 0.717) is 35.7 Å². The Labute approximate surface area is 153 Å². The van der Waals surface area contributed by atoms with Gasteiger partial charge in [-0.2, -0.15) is 5.26 Å². The van der Waals surface area contributed by atoms with E-state index < -0.39 is 0 Å². The normalized spacial score (nSPS) is 13.9. The molecule has 0 radical (unpaired) electrons. The van der Waals surface area contributed by atoms with Gasteiger partial charge in [0.1, 0.15) is 0 Å². The number of nitrogens with zero attached hydrogens (tertiary/aromatic N) is 3. The van der Waals surface area contributed by atoms with Gasteiger partial charge in [0.15, 0.2) is 11.5 Å². The number of benzene rings is 2. The fourth-order valence-electron chi connectivity index (χ4n) is 3.09. The molecule has 1 aliphatic rings. The maximum atomic E-state index is 12.7. The van der Waals surface area contributed by atoms with E-state index in [2.05, 4.69) is 11.0 Å². The number of amides is 1. The lowest BCUT2D eigenvalue weighted by Gasteiger charge is -2.36. The molecule has 26 heavy (non-hydrogen) atoms. The molecule has 0 aliphatic carbocycles. The minimum atomic E-state index is -0.0333. The van der Waals surface area contributed by atoms with Crippen LogP contribution in [0.2, 0.25) is 0 Å². The van der Waals surface area contributed by atoms with Gasteiger partial charge in [0.2, 0.25) is 0 Å². The predicted octanol–water partition coefficient (Wildman–Crippen LogP) is 2.54. The van der Waals surface area contributed by atoms with Gasteiger partial charge in [-0.3, -0.25) is 4.79 Å². The van der Waals surface area contributed by atoms with E-state index in [1.54, 1.807) is 38.5 Å². The second-order valence-electron chi connectivity index (χ2n) is 6.01. The van der Waals surface area contributed by atoms with Gasteiger partial charge in [0.05, 0.1) is 25.9 Å². The molecule has 6 nitrogen and oxygen atoms in total. The quantitative estimate of drug-likeness (QED) is 0.847. The third-order valence-electron chi connectivity index (χ3n) is 4.54. The first-order valence-corrected chi connectivity index (χ1v) is 8.42. The number of methoxy groups -OCH3 is 2. The molecule has 0 atom stereocenters. The van der Waals surface area contributed by atoms with Gasteiger partial charge in [0, 0.05) is 43.5 Å². The Balaban J connectivity index is 1.67. The Bertz CT molecular complexity index is 836. The van der Waals surface area contributed by atoms with Crippen molar-refractivity contribution in [2.24, 2.45) is 0 Å². The molecule has 1 heterocycles. The topological polar surface area (TPSA) is 65.8 Å². The number of anilines is 1. The van der Waals surface area contributed by atoms with Gasteiger partial charge in [-0.15, -0.1) is 0 Å². The largest absolute Gasteiger partial charge is 0.493 e. The maximum Gasteiger partial charge on any atom is 0.254 e. The molecule has 0 spiro atoms. The van der Waals surface area contributed by atoms with E-state index in [1.807, 2.05) is 23.1 Å². The first-order valence-electron chi connectivity index (χ1n) is 8.42. The monoisotopic (exact) mass is 351 g/mol. The zero-order chi connectivity index (χ0) is 18.5. The van der Waals surface area contributed by atoms with Crippen molar-refractivity contribution in [3.8, 4) is 17.6 Å². The molecule has 2 aromatic carbocycles. The van der Waals surface area contributed by atoms with Crippen molar-refractivity contribution in [2.45, 2.75) is 0 Å². The number of rotatable bonds is 4. The van der Waals surface area contributed by atoms with Crippen LogP contribution < -0.4 is 14.4 Å². The highest BCUT2D eigenvalue weighted by molar-refractivity contribution is 5.94. The first-order chi connectivity index (χ1) is 12.7. The highest BCUT2D eigenvalue weighted by atomic mass is 16.5. The lowest BCUT2D eigenvalue weighted by atomic mass is 10.1. The van der Waals surface area contributed by atoms with Crippen LogP contribution in [-0.2, 0) is 0 Å². The molecule has 3 rings (SSSR count). The Morgan fingerprint density at radius 1 is 1.00 bits per heavy atom. The van der Waals surface area contributed by atoms with Gasteiger partial charge in [0.25, 0.3) is 5.91 Å². The number of hydrogen-bond donors (Lipinski definition) is 0.